The van der Waals surface area contributed by atoms with Crippen molar-refractivity contribution in [2.24, 2.45) is 0 Å². The number of fused-ring (bicyclic) bond motifs is 2. The molecule has 1 aromatic carbocycles. The molecule has 2 aliphatic rings. The minimum absolute atomic E-state index is 0.127. The highest BCUT2D eigenvalue weighted by Crippen LogP contribution is 2.54. The second-order valence-corrected chi connectivity index (χ2v) is 7.20. The molecule has 1 spiro atoms. The molecule has 0 radical (unpaired) electrons. The van der Waals surface area contributed by atoms with Crippen LogP contribution in [0.15, 0.2) is 66.0 Å². The summed E-state index contributed by atoms with van der Waals surface area (Å²) < 4.78 is 0. The highest BCUT2D eigenvalue weighted by atomic mass is 16.2. The number of para-hydroxylation sites is 1. The molecule has 2 aliphatic heterocycles. The molecule has 1 saturated heterocycles. The normalized spacial score (nSPS) is 22.6. The maximum atomic E-state index is 13.3. The van der Waals surface area contributed by atoms with Crippen molar-refractivity contribution in [1.82, 2.24) is 19.9 Å². The van der Waals surface area contributed by atoms with E-state index in [4.69, 9.17) is 0 Å². The van der Waals surface area contributed by atoms with Crippen molar-refractivity contribution < 1.29 is 9.59 Å². The third-order valence-corrected chi connectivity index (χ3v) is 5.74. The average molecular weight is 387 g/mol. The number of nitrogens with one attached hydrogen (secondary N) is 2. The number of carbonyl (C=O) groups is 2. The van der Waals surface area contributed by atoms with Crippen molar-refractivity contribution in [1.29, 1.82) is 0 Å². The van der Waals surface area contributed by atoms with Gasteiger partial charge in [-0.1, -0.05) is 24.3 Å². The first-order chi connectivity index (χ1) is 14.1. The molecule has 2 amide bonds. The molecule has 0 aliphatic carbocycles. The fourth-order valence-electron chi connectivity index (χ4n) is 4.51. The second-order valence-electron chi connectivity index (χ2n) is 7.20. The molecule has 1 fully saturated rings. The average Bonchev–Trinajstić information content (AvgIpc) is 3.28. The SMILES string of the molecule is O=C(c1c[nH]c(=O)cn1)N1CCC2(C(=O)Nc3ccccc32)C1c1cccnc1. The van der Waals surface area contributed by atoms with E-state index >= 15 is 0 Å². The van der Waals surface area contributed by atoms with Gasteiger partial charge < -0.3 is 15.2 Å². The van der Waals surface area contributed by atoms with E-state index < -0.39 is 11.5 Å². The Morgan fingerprint density at radius 1 is 1.14 bits per heavy atom. The number of hydrogen-bond acceptors (Lipinski definition) is 5. The number of H-pyrrole nitrogens is 1. The van der Waals surface area contributed by atoms with Gasteiger partial charge in [-0.15, -0.1) is 0 Å². The lowest BCUT2D eigenvalue weighted by atomic mass is 9.73. The Kier molecular flexibility index (Phi) is 3.80. The van der Waals surface area contributed by atoms with Crippen LogP contribution < -0.4 is 10.9 Å². The Bertz CT molecular complexity index is 1160. The number of hydrogen-bond donors (Lipinski definition) is 2. The smallest absolute Gasteiger partial charge is 0.274 e. The molecule has 2 unspecified atom stereocenters. The Hall–Kier alpha value is -3.81. The van der Waals surface area contributed by atoms with Gasteiger partial charge in [0, 0.05) is 30.8 Å². The number of amides is 2. The molecule has 144 valence electrons. The lowest BCUT2D eigenvalue weighted by Crippen LogP contribution is -2.43. The number of rotatable bonds is 2. The van der Waals surface area contributed by atoms with Crippen LogP contribution in [-0.2, 0) is 10.2 Å². The lowest BCUT2D eigenvalue weighted by Gasteiger charge is -2.34. The number of anilines is 1. The summed E-state index contributed by atoms with van der Waals surface area (Å²) in [6.45, 7) is 0.376. The first kappa shape index (κ1) is 17.3. The summed E-state index contributed by atoms with van der Waals surface area (Å²) in [5, 5.41) is 2.98. The minimum Gasteiger partial charge on any atom is -0.329 e. The molecular formula is C21H17N5O3. The second kappa shape index (κ2) is 6.37. The first-order valence-electron chi connectivity index (χ1n) is 9.28. The third-order valence-electron chi connectivity index (χ3n) is 5.74. The Morgan fingerprint density at radius 3 is 2.76 bits per heavy atom. The highest BCUT2D eigenvalue weighted by molar-refractivity contribution is 6.08. The third kappa shape index (κ3) is 2.49. The number of benzene rings is 1. The van der Waals surface area contributed by atoms with Crippen LogP contribution in [0, 0.1) is 0 Å². The number of carbonyl (C=O) groups excluding carboxylic acids is 2. The Morgan fingerprint density at radius 2 is 2.00 bits per heavy atom. The molecule has 0 saturated carbocycles. The zero-order valence-corrected chi connectivity index (χ0v) is 15.3. The van der Waals surface area contributed by atoms with Crippen LogP contribution in [0.25, 0.3) is 0 Å². The van der Waals surface area contributed by atoms with Gasteiger partial charge in [-0.3, -0.25) is 19.4 Å². The molecule has 5 rings (SSSR count). The van der Waals surface area contributed by atoms with E-state index in [1.807, 2.05) is 30.3 Å². The lowest BCUT2D eigenvalue weighted by molar-refractivity contribution is -0.121. The van der Waals surface area contributed by atoms with E-state index in [0.717, 1.165) is 23.0 Å². The van der Waals surface area contributed by atoms with E-state index in [9.17, 15) is 14.4 Å². The Labute approximate surface area is 165 Å². The summed E-state index contributed by atoms with van der Waals surface area (Å²) in [5.41, 5.74) is 1.26. The van der Waals surface area contributed by atoms with E-state index in [2.05, 4.69) is 20.3 Å². The van der Waals surface area contributed by atoms with Crippen LogP contribution in [0.4, 0.5) is 5.69 Å². The van der Waals surface area contributed by atoms with Crippen LogP contribution >= 0.6 is 0 Å². The van der Waals surface area contributed by atoms with Gasteiger partial charge in [0.05, 0.1) is 12.2 Å². The largest absolute Gasteiger partial charge is 0.329 e. The summed E-state index contributed by atoms with van der Waals surface area (Å²) in [7, 11) is 0. The maximum Gasteiger partial charge on any atom is 0.274 e. The van der Waals surface area contributed by atoms with Crippen molar-refractivity contribution in [3.05, 3.63) is 88.4 Å². The topological polar surface area (TPSA) is 108 Å². The van der Waals surface area contributed by atoms with Gasteiger partial charge in [-0.05, 0) is 29.7 Å². The molecule has 8 heteroatoms. The van der Waals surface area contributed by atoms with Gasteiger partial charge in [0.1, 0.15) is 11.1 Å². The molecule has 2 atom stereocenters. The van der Waals surface area contributed by atoms with Crippen molar-refractivity contribution in [2.75, 3.05) is 11.9 Å². The highest BCUT2D eigenvalue weighted by Gasteiger charge is 2.59. The van der Waals surface area contributed by atoms with Gasteiger partial charge in [-0.2, -0.15) is 0 Å². The zero-order valence-electron chi connectivity index (χ0n) is 15.3. The maximum absolute atomic E-state index is 13.3. The van der Waals surface area contributed by atoms with Crippen LogP contribution in [0.1, 0.15) is 34.1 Å². The molecule has 2 aromatic heterocycles. The number of aromatic nitrogens is 3. The summed E-state index contributed by atoms with van der Waals surface area (Å²) in [4.78, 5) is 50.2. The van der Waals surface area contributed by atoms with Crippen LogP contribution in [0.5, 0.6) is 0 Å². The summed E-state index contributed by atoms with van der Waals surface area (Å²) >= 11 is 0. The van der Waals surface area contributed by atoms with Crippen molar-refractivity contribution >= 4 is 17.5 Å². The fourth-order valence-corrected chi connectivity index (χ4v) is 4.51. The predicted octanol–water partition coefficient (Wildman–Crippen LogP) is 1.64. The van der Waals surface area contributed by atoms with E-state index in [-0.39, 0.29) is 23.1 Å². The van der Waals surface area contributed by atoms with Crippen molar-refractivity contribution in [2.45, 2.75) is 17.9 Å². The van der Waals surface area contributed by atoms with Gasteiger partial charge in [0.25, 0.3) is 11.5 Å². The number of pyridine rings is 1. The monoisotopic (exact) mass is 387 g/mol. The summed E-state index contributed by atoms with van der Waals surface area (Å²) in [6, 6.07) is 10.7. The quantitative estimate of drug-likeness (QED) is 0.695. The van der Waals surface area contributed by atoms with Gasteiger partial charge >= 0.3 is 0 Å². The first-order valence-corrected chi connectivity index (χ1v) is 9.28. The fraction of sp³-hybridized carbons (Fsp3) is 0.190. The van der Waals surface area contributed by atoms with E-state index in [1.54, 1.807) is 23.4 Å². The van der Waals surface area contributed by atoms with Crippen molar-refractivity contribution in [3.8, 4) is 0 Å². The molecule has 29 heavy (non-hydrogen) atoms. The van der Waals surface area contributed by atoms with E-state index in [0.29, 0.717) is 13.0 Å². The van der Waals surface area contributed by atoms with Crippen LogP contribution in [0.3, 0.4) is 0 Å². The molecule has 8 nitrogen and oxygen atoms in total. The summed E-state index contributed by atoms with van der Waals surface area (Å²) in [6.07, 6.45) is 6.20. The number of nitrogens with zero attached hydrogens (tertiary/aromatic N) is 3. The number of aromatic amines is 1. The summed E-state index contributed by atoms with van der Waals surface area (Å²) in [5.74, 6) is -0.471. The standard InChI is InChI=1S/C21H17N5O3/c27-17-12-23-16(11-24-17)19(28)26-9-7-21(18(26)13-4-3-8-22-10-13)14-5-1-2-6-15(14)25-20(21)29/h1-6,8,10-12,18H,7,9H2,(H,24,27)(H,25,29). The molecule has 2 N–H and O–H groups in total. The minimum atomic E-state index is -0.905. The van der Waals surface area contributed by atoms with Gasteiger partial charge in [0.15, 0.2) is 0 Å². The zero-order chi connectivity index (χ0) is 20.0. The molecule has 0 bridgehead atoms. The molecule has 4 heterocycles. The molecular weight excluding hydrogens is 370 g/mol. The van der Waals surface area contributed by atoms with Crippen LogP contribution in [-0.4, -0.2) is 38.2 Å². The van der Waals surface area contributed by atoms with Gasteiger partial charge in [-0.25, -0.2) is 4.98 Å². The number of likely N-dealkylation sites (tertiary alicyclic amines) is 1. The van der Waals surface area contributed by atoms with E-state index in [1.165, 1.54) is 6.20 Å². The van der Waals surface area contributed by atoms with Crippen molar-refractivity contribution in [3.63, 3.8) is 0 Å². The Balaban J connectivity index is 1.66. The predicted molar refractivity (Wildman–Crippen MR) is 104 cm³/mol. The van der Waals surface area contributed by atoms with Gasteiger partial charge in [0.2, 0.25) is 5.91 Å². The van der Waals surface area contributed by atoms with Crippen LogP contribution in [0.2, 0.25) is 0 Å². The molecule has 3 aromatic rings.